The number of benzene rings is 1. The van der Waals surface area contributed by atoms with E-state index in [1.165, 1.54) is 12.1 Å². The van der Waals surface area contributed by atoms with Gasteiger partial charge in [-0.15, -0.1) is 11.3 Å². The smallest absolute Gasteiger partial charge is 0.504 e. The van der Waals surface area contributed by atoms with Gasteiger partial charge in [0, 0.05) is 12.1 Å². The molecule has 0 aliphatic carbocycles. The summed E-state index contributed by atoms with van der Waals surface area (Å²) in [5.41, 5.74) is -0.378. The normalized spacial score (nSPS) is 13.2. The van der Waals surface area contributed by atoms with Crippen LogP contribution in [0.5, 0.6) is 5.75 Å². The molecule has 2 aromatic rings. The first-order valence-corrected chi connectivity index (χ1v) is 7.55. The Morgan fingerprint density at radius 3 is 2.54 bits per heavy atom. The van der Waals surface area contributed by atoms with Crippen molar-refractivity contribution in [3.63, 3.8) is 0 Å². The van der Waals surface area contributed by atoms with Gasteiger partial charge in [0.2, 0.25) is 5.76 Å². The second-order valence-corrected chi connectivity index (χ2v) is 6.84. The average Bonchev–Trinajstić information content (AvgIpc) is 2.76. The molecule has 0 bridgehead atoms. The van der Waals surface area contributed by atoms with Crippen LogP contribution in [0.25, 0.3) is 16.3 Å². The summed E-state index contributed by atoms with van der Waals surface area (Å²) < 4.78 is 47.5. The van der Waals surface area contributed by atoms with E-state index in [4.69, 9.17) is 14.6 Å². The number of aliphatic hydroxyl groups excluding tert-OH is 1. The molecule has 1 heterocycles. The lowest BCUT2D eigenvalue weighted by Crippen LogP contribution is -2.25. The van der Waals surface area contributed by atoms with Crippen LogP contribution < -0.4 is 4.74 Å². The van der Waals surface area contributed by atoms with Gasteiger partial charge in [-0.2, -0.15) is 13.2 Å². The van der Waals surface area contributed by atoms with Crippen molar-refractivity contribution in [1.82, 2.24) is 4.98 Å². The van der Waals surface area contributed by atoms with Gasteiger partial charge < -0.3 is 14.6 Å². The van der Waals surface area contributed by atoms with E-state index < -0.39 is 23.7 Å². The molecule has 0 radical (unpaired) electrons. The highest BCUT2D eigenvalue weighted by Gasteiger charge is 2.34. The predicted molar refractivity (Wildman–Crippen MR) is 83.1 cm³/mol. The Morgan fingerprint density at radius 2 is 1.96 bits per heavy atom. The van der Waals surface area contributed by atoms with E-state index in [9.17, 15) is 18.0 Å². The number of aromatic nitrogens is 1. The first-order chi connectivity index (χ1) is 10.9. The van der Waals surface area contributed by atoms with E-state index in [2.05, 4.69) is 4.98 Å². The fourth-order valence-electron chi connectivity index (χ4n) is 1.62. The van der Waals surface area contributed by atoms with Crippen LogP contribution in [0.3, 0.4) is 0 Å². The molecule has 0 atom stereocenters. The van der Waals surface area contributed by atoms with E-state index in [1.807, 2.05) is 0 Å². The van der Waals surface area contributed by atoms with Gasteiger partial charge in [-0.25, -0.2) is 9.78 Å². The minimum Gasteiger partial charge on any atom is -0.504 e. The number of rotatable bonds is 2. The third kappa shape index (κ3) is 4.85. The molecule has 9 heteroatoms. The molecule has 5 nitrogen and oxygen atoms in total. The van der Waals surface area contributed by atoms with E-state index >= 15 is 0 Å². The van der Waals surface area contributed by atoms with Crippen molar-refractivity contribution in [3.05, 3.63) is 29.0 Å². The maximum atomic E-state index is 12.3. The number of aliphatic hydroxyl groups is 1. The van der Waals surface area contributed by atoms with E-state index in [-0.39, 0.29) is 10.8 Å². The molecule has 0 spiro atoms. The largest absolute Gasteiger partial charge is 0.514 e. The maximum absolute atomic E-state index is 12.3. The number of ether oxygens (including phenoxy) is 2. The summed E-state index contributed by atoms with van der Waals surface area (Å²) in [6, 6.07) is 4.42. The summed E-state index contributed by atoms with van der Waals surface area (Å²) >= 11 is 0.960. The van der Waals surface area contributed by atoms with Gasteiger partial charge in [0.15, 0.2) is 0 Å². The molecule has 1 aromatic heterocycles. The zero-order valence-corrected chi connectivity index (χ0v) is 13.8. The number of nitrogens with zero attached hydrogens (tertiary/aromatic N) is 1. The first kappa shape index (κ1) is 18.1. The Hall–Kier alpha value is -2.29. The summed E-state index contributed by atoms with van der Waals surface area (Å²) in [6.45, 7) is 5.05. The van der Waals surface area contributed by atoms with Crippen LogP contribution in [0.4, 0.5) is 18.0 Å². The highest BCUT2D eigenvalue weighted by molar-refractivity contribution is 7.19. The Balaban J connectivity index is 2.22. The molecule has 0 saturated carbocycles. The molecule has 0 aliphatic heterocycles. The van der Waals surface area contributed by atoms with Gasteiger partial charge >= 0.3 is 12.3 Å². The van der Waals surface area contributed by atoms with Gasteiger partial charge in [0.05, 0.1) is 10.2 Å². The number of alkyl halides is 3. The lowest BCUT2D eigenvalue weighted by molar-refractivity contribution is -0.119. The second-order valence-electron chi connectivity index (χ2n) is 5.78. The number of carbonyl (C=O) groups is 1. The van der Waals surface area contributed by atoms with Crippen LogP contribution in [-0.2, 0) is 4.74 Å². The van der Waals surface area contributed by atoms with Crippen LogP contribution in [-0.4, -0.2) is 28.0 Å². The number of hydrogen-bond donors (Lipinski definition) is 1. The van der Waals surface area contributed by atoms with Crippen molar-refractivity contribution in [2.24, 2.45) is 0 Å². The van der Waals surface area contributed by atoms with Crippen LogP contribution in [0.2, 0.25) is 0 Å². The van der Waals surface area contributed by atoms with Crippen molar-refractivity contribution >= 4 is 33.8 Å². The van der Waals surface area contributed by atoms with Gasteiger partial charge in [0.1, 0.15) is 16.4 Å². The van der Waals surface area contributed by atoms with Gasteiger partial charge in [-0.05, 0) is 32.9 Å². The van der Waals surface area contributed by atoms with Crippen molar-refractivity contribution in [1.29, 1.82) is 0 Å². The standard InChI is InChI=1S/C15H14F3NO4S/c1-14(2,3)23-13(21)22-8-4-5-10-9(6-8)19-12(24-10)7-11(20)15(16,17)18/h4-7,20H,1-3H3. The van der Waals surface area contributed by atoms with Gasteiger partial charge in [-0.1, -0.05) is 0 Å². The number of allylic oxidation sites excluding steroid dienone is 1. The Labute approximate surface area is 139 Å². The molecule has 0 unspecified atom stereocenters. The molecule has 0 aliphatic rings. The summed E-state index contributed by atoms with van der Waals surface area (Å²) in [7, 11) is 0. The monoisotopic (exact) mass is 361 g/mol. The fourth-order valence-corrected chi connectivity index (χ4v) is 2.50. The highest BCUT2D eigenvalue weighted by Crippen LogP contribution is 2.30. The minimum absolute atomic E-state index is 0.0192. The van der Waals surface area contributed by atoms with Crippen LogP contribution in [0, 0.1) is 0 Å². The third-order valence-corrected chi connectivity index (χ3v) is 3.50. The van der Waals surface area contributed by atoms with Crippen LogP contribution in [0.15, 0.2) is 24.0 Å². The molecule has 1 N–H and O–H groups in total. The third-order valence-electron chi connectivity index (χ3n) is 2.52. The van der Waals surface area contributed by atoms with E-state index in [0.717, 1.165) is 11.3 Å². The van der Waals surface area contributed by atoms with Crippen LogP contribution >= 0.6 is 11.3 Å². The molecule has 2 rings (SSSR count). The lowest BCUT2D eigenvalue weighted by atomic mass is 10.2. The van der Waals surface area contributed by atoms with Gasteiger partial charge in [-0.3, -0.25) is 0 Å². The minimum atomic E-state index is -4.83. The van der Waals surface area contributed by atoms with Crippen molar-refractivity contribution in [3.8, 4) is 5.75 Å². The summed E-state index contributed by atoms with van der Waals surface area (Å²) in [6.07, 6.45) is -5.19. The van der Waals surface area contributed by atoms with Crippen molar-refractivity contribution in [2.45, 2.75) is 32.5 Å². The van der Waals surface area contributed by atoms with E-state index in [1.54, 1.807) is 26.8 Å². The summed E-state index contributed by atoms with van der Waals surface area (Å²) in [5.74, 6) is -1.58. The fraction of sp³-hybridized carbons (Fsp3) is 0.333. The molecular formula is C15H14F3NO4S. The van der Waals surface area contributed by atoms with Crippen molar-refractivity contribution in [2.75, 3.05) is 0 Å². The Kier molecular flexibility index (Phi) is 4.75. The number of fused-ring (bicyclic) bond motifs is 1. The molecule has 130 valence electrons. The second kappa shape index (κ2) is 6.31. The number of hydrogen-bond acceptors (Lipinski definition) is 6. The summed E-state index contributed by atoms with van der Waals surface area (Å²) in [5, 5.41) is 8.94. The average molecular weight is 361 g/mol. The molecule has 24 heavy (non-hydrogen) atoms. The lowest BCUT2D eigenvalue weighted by Gasteiger charge is -2.18. The number of carbonyl (C=O) groups excluding carboxylic acids is 1. The molecular weight excluding hydrogens is 347 g/mol. The Morgan fingerprint density at radius 1 is 1.29 bits per heavy atom. The quantitative estimate of drug-likeness (QED) is 0.459. The molecule has 0 amide bonds. The Bertz CT molecular complexity index is 790. The molecule has 1 aromatic carbocycles. The summed E-state index contributed by atoms with van der Waals surface area (Å²) in [4.78, 5) is 15.6. The topological polar surface area (TPSA) is 68.7 Å². The molecule has 0 saturated heterocycles. The highest BCUT2D eigenvalue weighted by atomic mass is 32.1. The SMILES string of the molecule is CC(C)(C)OC(=O)Oc1ccc2sc(C=C(O)C(F)(F)F)nc2c1. The van der Waals surface area contributed by atoms with E-state index in [0.29, 0.717) is 16.3 Å². The predicted octanol–water partition coefficient (Wildman–Crippen LogP) is 5.07. The zero-order chi connectivity index (χ0) is 18.1. The first-order valence-electron chi connectivity index (χ1n) is 6.73. The van der Waals surface area contributed by atoms with Crippen LogP contribution in [0.1, 0.15) is 25.8 Å². The zero-order valence-electron chi connectivity index (χ0n) is 13.0. The number of thiazole rings is 1. The van der Waals surface area contributed by atoms with Crippen molar-refractivity contribution < 1.29 is 32.5 Å². The number of halogens is 3. The maximum Gasteiger partial charge on any atom is 0.514 e. The van der Waals surface area contributed by atoms with Gasteiger partial charge in [0.25, 0.3) is 0 Å². The molecule has 0 fully saturated rings.